The fourth-order valence-corrected chi connectivity index (χ4v) is 9.47. The second kappa shape index (κ2) is 16.8. The number of urea groups is 1. The van der Waals surface area contributed by atoms with Crippen LogP contribution in [0.3, 0.4) is 0 Å². The van der Waals surface area contributed by atoms with Crippen molar-refractivity contribution in [2.75, 3.05) is 92.5 Å². The van der Waals surface area contributed by atoms with E-state index >= 15 is 0 Å². The molecule has 11 rings (SSSR count). The van der Waals surface area contributed by atoms with E-state index in [1.165, 1.54) is 12.1 Å². The Morgan fingerprint density at radius 1 is 0.879 bits per heavy atom. The number of ether oxygens (including phenoxy) is 1. The summed E-state index contributed by atoms with van der Waals surface area (Å²) in [5.41, 5.74) is 5.02. The number of benzene rings is 3. The maximum atomic E-state index is 14.2. The van der Waals surface area contributed by atoms with Crippen molar-refractivity contribution in [3.05, 3.63) is 89.8 Å². The lowest BCUT2D eigenvalue weighted by Gasteiger charge is -2.44. The lowest BCUT2D eigenvalue weighted by molar-refractivity contribution is -0.136. The van der Waals surface area contributed by atoms with Crippen LogP contribution in [-0.2, 0) is 20.9 Å². The summed E-state index contributed by atoms with van der Waals surface area (Å²) in [5.74, 6) is -0.446. The Labute approximate surface area is 376 Å². The van der Waals surface area contributed by atoms with Gasteiger partial charge in [-0.2, -0.15) is 9.97 Å². The Hall–Kier alpha value is -7.52. The Balaban J connectivity index is 0.684. The number of H-pyrrole nitrogens is 1. The SMILES string of the molecule is O=C1CCC(N2C(=O)c3cccc(N4CCN(CC5CN(C(=O)Nc6ccc7nc(CNc8nc(N9CCOCC9)nc9c8ncn9-c8cccc(F)c8)[nH]c7c6)C5)CC4)c3C2=O)C(=O)N1. The first-order valence-electron chi connectivity index (χ1n) is 22.1. The number of fused-ring (bicyclic) bond motifs is 3. The molecule has 0 saturated carbocycles. The number of nitrogens with one attached hydrogen (secondary N) is 4. The average Bonchev–Trinajstić information content (AvgIpc) is 4.00. The van der Waals surface area contributed by atoms with Crippen LogP contribution in [-0.4, -0.2) is 152 Å². The highest BCUT2D eigenvalue weighted by Gasteiger charge is 2.46. The van der Waals surface area contributed by atoms with E-state index < -0.39 is 29.7 Å². The third-order valence-corrected chi connectivity index (χ3v) is 12.9. The zero-order valence-electron chi connectivity index (χ0n) is 35.7. The number of aromatic amines is 1. The van der Waals surface area contributed by atoms with Gasteiger partial charge in [-0.15, -0.1) is 0 Å². The van der Waals surface area contributed by atoms with E-state index in [4.69, 9.17) is 19.7 Å². The molecule has 4 fully saturated rings. The Kier molecular flexibility index (Phi) is 10.5. The molecule has 3 aromatic carbocycles. The van der Waals surface area contributed by atoms with E-state index in [0.29, 0.717) is 116 Å². The number of likely N-dealkylation sites (tertiary alicyclic amines) is 1. The number of halogens is 1. The maximum absolute atomic E-state index is 14.2. The molecule has 21 heteroatoms. The van der Waals surface area contributed by atoms with Gasteiger partial charge >= 0.3 is 6.03 Å². The first-order chi connectivity index (χ1) is 32.1. The quantitative estimate of drug-likeness (QED) is 0.146. The van der Waals surface area contributed by atoms with Crippen molar-refractivity contribution in [2.24, 2.45) is 5.92 Å². The summed E-state index contributed by atoms with van der Waals surface area (Å²) in [7, 11) is 0. The monoisotopic (exact) mass is 896 g/mol. The van der Waals surface area contributed by atoms with E-state index in [-0.39, 0.29) is 30.3 Å². The molecular formula is C45H45FN14O6. The molecule has 8 heterocycles. The van der Waals surface area contributed by atoms with Gasteiger partial charge in [0, 0.05) is 76.9 Å². The van der Waals surface area contributed by atoms with E-state index in [2.05, 4.69) is 35.7 Å². The Morgan fingerprint density at radius 3 is 2.50 bits per heavy atom. The van der Waals surface area contributed by atoms with Gasteiger partial charge in [-0.3, -0.25) is 38.9 Å². The molecule has 0 spiro atoms. The summed E-state index contributed by atoms with van der Waals surface area (Å²) in [6.07, 6.45) is 1.78. The number of rotatable bonds is 10. The van der Waals surface area contributed by atoms with Crippen LogP contribution in [0.4, 0.5) is 32.3 Å². The standard InChI is InChI=1S/C45H45FN14O6/c46-27-3-1-4-29(19-27)59-25-48-38-39(53-44(54-40(38)59)57-15-17-66-18-16-57)47-21-35-50-31-8-7-28(20-32(31)51-35)49-45(65)58-23-26(24-58)22-55-11-13-56(14-12-55)33-6-2-5-30-37(33)43(64)60(42(30)63)34-9-10-36(61)52-41(34)62/h1-8,19-20,25-26,34H,9-18,21-24H2,(H,49,65)(H,50,51)(H,47,53,54)(H,52,61,62). The third kappa shape index (κ3) is 7.68. The first-order valence-corrected chi connectivity index (χ1v) is 22.1. The number of morpholine rings is 1. The molecule has 5 aliphatic heterocycles. The minimum atomic E-state index is -1.01. The van der Waals surface area contributed by atoms with Gasteiger partial charge in [0.2, 0.25) is 17.8 Å². The number of anilines is 4. The molecule has 6 aromatic rings. The number of carbonyl (C=O) groups is 5. The molecule has 1 atom stereocenters. The van der Waals surface area contributed by atoms with Gasteiger partial charge in [0.15, 0.2) is 17.0 Å². The number of amides is 6. The minimum absolute atomic E-state index is 0.0665. The number of piperazine rings is 1. The zero-order chi connectivity index (χ0) is 45.1. The van der Waals surface area contributed by atoms with Gasteiger partial charge in [0.25, 0.3) is 11.8 Å². The summed E-state index contributed by atoms with van der Waals surface area (Å²) in [5, 5.41) is 8.67. The number of carbonyl (C=O) groups excluding carboxylic acids is 5. The molecule has 1 unspecified atom stereocenters. The number of hydrogen-bond acceptors (Lipinski definition) is 14. The molecule has 4 saturated heterocycles. The highest BCUT2D eigenvalue weighted by atomic mass is 19.1. The topological polar surface area (TPSA) is 219 Å². The number of imidazole rings is 2. The first kappa shape index (κ1) is 41.2. The number of piperidine rings is 1. The normalized spacial score (nSPS) is 19.4. The summed E-state index contributed by atoms with van der Waals surface area (Å²) in [6, 6.07) is 15.8. The van der Waals surface area contributed by atoms with E-state index in [1.807, 2.05) is 29.2 Å². The van der Waals surface area contributed by atoms with E-state index in [1.54, 1.807) is 40.1 Å². The predicted molar refractivity (Wildman–Crippen MR) is 239 cm³/mol. The van der Waals surface area contributed by atoms with Crippen molar-refractivity contribution >= 4 is 75.0 Å². The van der Waals surface area contributed by atoms with Crippen LogP contribution < -0.4 is 25.8 Å². The van der Waals surface area contributed by atoms with Crippen molar-refractivity contribution in [1.29, 1.82) is 0 Å². The summed E-state index contributed by atoms with van der Waals surface area (Å²) < 4.78 is 21.5. The van der Waals surface area contributed by atoms with Crippen LogP contribution in [0.25, 0.3) is 27.9 Å². The Bertz CT molecular complexity index is 2940. The molecule has 20 nitrogen and oxygen atoms in total. The smallest absolute Gasteiger partial charge is 0.321 e. The molecular weight excluding hydrogens is 852 g/mol. The second-order valence-electron chi connectivity index (χ2n) is 17.1. The molecule has 0 radical (unpaired) electrons. The van der Waals surface area contributed by atoms with E-state index in [0.717, 1.165) is 35.6 Å². The van der Waals surface area contributed by atoms with Gasteiger partial charge < -0.3 is 35.1 Å². The fraction of sp³-hybridized carbons (Fsp3) is 0.356. The van der Waals surface area contributed by atoms with Crippen LogP contribution in [0.15, 0.2) is 67.0 Å². The van der Waals surface area contributed by atoms with Crippen molar-refractivity contribution in [2.45, 2.75) is 25.4 Å². The van der Waals surface area contributed by atoms with Crippen LogP contribution in [0, 0.1) is 11.7 Å². The highest BCUT2D eigenvalue weighted by molar-refractivity contribution is 6.25. The summed E-state index contributed by atoms with van der Waals surface area (Å²) >= 11 is 0. The van der Waals surface area contributed by atoms with Crippen LogP contribution in [0.1, 0.15) is 39.4 Å². The molecule has 3 aromatic heterocycles. The maximum Gasteiger partial charge on any atom is 0.321 e. The van der Waals surface area contributed by atoms with Crippen LogP contribution >= 0.6 is 0 Å². The molecule has 4 N–H and O–H groups in total. The lowest BCUT2D eigenvalue weighted by atomic mass is 9.99. The molecule has 6 amide bonds. The molecule has 5 aliphatic rings. The van der Waals surface area contributed by atoms with Crippen LogP contribution in [0.5, 0.6) is 0 Å². The largest absolute Gasteiger partial charge is 0.378 e. The third-order valence-electron chi connectivity index (χ3n) is 12.9. The average molecular weight is 897 g/mol. The van der Waals surface area contributed by atoms with Crippen molar-refractivity contribution in [3.63, 3.8) is 0 Å². The van der Waals surface area contributed by atoms with Gasteiger partial charge in [-0.05, 0) is 55.0 Å². The summed E-state index contributed by atoms with van der Waals surface area (Å²) in [4.78, 5) is 96.3. The molecule has 338 valence electrons. The van der Waals surface area contributed by atoms with Gasteiger partial charge in [-0.25, -0.2) is 19.2 Å². The molecule has 0 bridgehead atoms. The Morgan fingerprint density at radius 2 is 1.70 bits per heavy atom. The fourth-order valence-electron chi connectivity index (χ4n) is 9.47. The number of hydrogen-bond donors (Lipinski definition) is 4. The minimum Gasteiger partial charge on any atom is -0.378 e. The van der Waals surface area contributed by atoms with E-state index in [9.17, 15) is 28.4 Å². The predicted octanol–water partition coefficient (Wildman–Crippen LogP) is 2.97. The van der Waals surface area contributed by atoms with Crippen molar-refractivity contribution in [3.8, 4) is 5.69 Å². The van der Waals surface area contributed by atoms with Crippen molar-refractivity contribution < 1.29 is 33.1 Å². The highest BCUT2D eigenvalue weighted by Crippen LogP contribution is 2.35. The molecule has 0 aliphatic carbocycles. The van der Waals surface area contributed by atoms with Crippen LogP contribution in [0.2, 0.25) is 0 Å². The second-order valence-corrected chi connectivity index (χ2v) is 17.1. The lowest BCUT2D eigenvalue weighted by Crippen LogP contribution is -2.57. The van der Waals surface area contributed by atoms with Gasteiger partial charge in [0.1, 0.15) is 24.0 Å². The van der Waals surface area contributed by atoms with Gasteiger partial charge in [0.05, 0.1) is 53.3 Å². The number of nitrogens with zero attached hydrogens (tertiary/aromatic N) is 10. The number of aromatic nitrogens is 6. The number of imide groups is 2. The molecule has 66 heavy (non-hydrogen) atoms. The zero-order valence-corrected chi connectivity index (χ0v) is 35.7. The van der Waals surface area contributed by atoms with Crippen molar-refractivity contribution in [1.82, 2.24) is 49.5 Å². The van der Waals surface area contributed by atoms with Gasteiger partial charge in [-0.1, -0.05) is 12.1 Å². The summed E-state index contributed by atoms with van der Waals surface area (Å²) in [6.45, 7) is 7.51.